The van der Waals surface area contributed by atoms with Crippen LogP contribution in [0.1, 0.15) is 18.1 Å². The maximum Gasteiger partial charge on any atom is 0.266 e. The molecule has 2 N–H and O–H groups in total. The average Bonchev–Trinajstić information content (AvgIpc) is 2.61. The zero-order valence-electron chi connectivity index (χ0n) is 13.5. The quantitative estimate of drug-likeness (QED) is 0.652. The van der Waals surface area contributed by atoms with Gasteiger partial charge in [-0.15, -0.1) is 0 Å². The molecule has 2 aromatic rings. The van der Waals surface area contributed by atoms with Gasteiger partial charge in [0.1, 0.15) is 11.6 Å². The molecule has 0 unspecified atom stereocenters. The molecule has 0 spiro atoms. The van der Waals surface area contributed by atoms with Crippen molar-refractivity contribution in [3.8, 4) is 17.6 Å². The van der Waals surface area contributed by atoms with E-state index in [9.17, 15) is 15.2 Å². The third-order valence-corrected chi connectivity index (χ3v) is 3.53. The highest BCUT2D eigenvalue weighted by molar-refractivity contribution is 6.10. The Morgan fingerprint density at radius 3 is 2.75 bits per heavy atom. The minimum Gasteiger partial charge on any atom is -0.504 e. The lowest BCUT2D eigenvalue weighted by Gasteiger charge is -2.09. The Morgan fingerprint density at radius 2 is 2.08 bits per heavy atom. The standard InChI is InChI=1S/C19H18N2O3/c1-3-14-6-4-5-7-16(14)21-19(23)15(12-20)10-13-8-9-17(22)18(11-13)24-2/h4-11,22H,3H2,1-2H3,(H,21,23)/b15-10+. The van der Waals surface area contributed by atoms with E-state index in [1.165, 1.54) is 19.3 Å². The molecule has 0 atom stereocenters. The normalized spacial score (nSPS) is 10.8. The summed E-state index contributed by atoms with van der Waals surface area (Å²) in [6.07, 6.45) is 2.23. The van der Waals surface area contributed by atoms with Gasteiger partial charge in [-0.2, -0.15) is 5.26 Å². The van der Waals surface area contributed by atoms with Gasteiger partial charge in [-0.1, -0.05) is 31.2 Å². The Hall–Kier alpha value is -3.26. The Kier molecular flexibility index (Phi) is 5.58. The number of nitriles is 1. The number of nitrogens with zero attached hydrogens (tertiary/aromatic N) is 1. The van der Waals surface area contributed by atoms with E-state index in [1.807, 2.05) is 31.2 Å². The van der Waals surface area contributed by atoms with Crippen LogP contribution in [0.15, 0.2) is 48.0 Å². The van der Waals surface area contributed by atoms with Crippen LogP contribution in [-0.4, -0.2) is 18.1 Å². The van der Waals surface area contributed by atoms with E-state index >= 15 is 0 Å². The van der Waals surface area contributed by atoms with Crippen LogP contribution in [0.4, 0.5) is 5.69 Å². The zero-order chi connectivity index (χ0) is 17.5. The summed E-state index contributed by atoms with van der Waals surface area (Å²) in [7, 11) is 1.43. The van der Waals surface area contributed by atoms with Gasteiger partial charge in [-0.25, -0.2) is 0 Å². The number of anilines is 1. The highest BCUT2D eigenvalue weighted by Crippen LogP contribution is 2.27. The Balaban J connectivity index is 2.27. The van der Waals surface area contributed by atoms with Crippen LogP contribution in [0.3, 0.4) is 0 Å². The number of phenolic OH excluding ortho intramolecular Hbond substituents is 1. The van der Waals surface area contributed by atoms with Crippen molar-refractivity contribution >= 4 is 17.7 Å². The van der Waals surface area contributed by atoms with Gasteiger partial charge in [0, 0.05) is 5.69 Å². The number of aryl methyl sites for hydroxylation is 1. The lowest BCUT2D eigenvalue weighted by Crippen LogP contribution is -2.14. The van der Waals surface area contributed by atoms with Crippen LogP contribution in [0.2, 0.25) is 0 Å². The molecule has 0 saturated carbocycles. The molecule has 2 rings (SSSR count). The maximum absolute atomic E-state index is 12.4. The number of amides is 1. The molecule has 2 aromatic carbocycles. The number of phenols is 1. The van der Waals surface area contributed by atoms with Gasteiger partial charge in [-0.3, -0.25) is 4.79 Å². The van der Waals surface area contributed by atoms with Gasteiger partial charge in [0.15, 0.2) is 11.5 Å². The SMILES string of the molecule is CCc1ccccc1NC(=O)/C(C#N)=C/c1ccc(O)c(OC)c1. The largest absolute Gasteiger partial charge is 0.504 e. The number of aromatic hydroxyl groups is 1. The number of carbonyl (C=O) groups excluding carboxylic acids is 1. The topological polar surface area (TPSA) is 82.4 Å². The van der Waals surface area contributed by atoms with Crippen LogP contribution >= 0.6 is 0 Å². The molecule has 0 radical (unpaired) electrons. The number of carbonyl (C=O) groups is 1. The second-order valence-corrected chi connectivity index (χ2v) is 5.07. The predicted molar refractivity (Wildman–Crippen MR) is 92.7 cm³/mol. The van der Waals surface area contributed by atoms with Crippen molar-refractivity contribution in [2.45, 2.75) is 13.3 Å². The third kappa shape index (κ3) is 3.93. The molecule has 0 bridgehead atoms. The van der Waals surface area contributed by atoms with Crippen LogP contribution < -0.4 is 10.1 Å². The fourth-order valence-corrected chi connectivity index (χ4v) is 2.24. The van der Waals surface area contributed by atoms with Crippen molar-refractivity contribution in [3.63, 3.8) is 0 Å². The molecule has 0 aliphatic carbocycles. The van der Waals surface area contributed by atoms with E-state index in [2.05, 4.69) is 5.32 Å². The molecule has 5 nitrogen and oxygen atoms in total. The van der Waals surface area contributed by atoms with Gasteiger partial charge in [0.05, 0.1) is 7.11 Å². The molecular weight excluding hydrogens is 304 g/mol. The third-order valence-electron chi connectivity index (χ3n) is 3.53. The Bertz CT molecular complexity index is 820. The van der Waals surface area contributed by atoms with Gasteiger partial charge >= 0.3 is 0 Å². The molecule has 0 saturated heterocycles. The van der Waals surface area contributed by atoms with E-state index < -0.39 is 5.91 Å². The van der Waals surface area contributed by atoms with Crippen LogP contribution in [-0.2, 0) is 11.2 Å². The Labute approximate surface area is 140 Å². The van der Waals surface area contributed by atoms with Crippen molar-refractivity contribution < 1.29 is 14.6 Å². The van der Waals surface area contributed by atoms with Gasteiger partial charge in [-0.05, 0) is 41.8 Å². The lowest BCUT2D eigenvalue weighted by atomic mass is 10.1. The molecule has 0 aromatic heterocycles. The highest BCUT2D eigenvalue weighted by Gasteiger charge is 2.12. The molecule has 24 heavy (non-hydrogen) atoms. The molecule has 1 amide bonds. The minimum atomic E-state index is -0.481. The number of hydrogen-bond acceptors (Lipinski definition) is 4. The fourth-order valence-electron chi connectivity index (χ4n) is 2.24. The summed E-state index contributed by atoms with van der Waals surface area (Å²) >= 11 is 0. The maximum atomic E-state index is 12.4. The number of nitrogens with one attached hydrogen (secondary N) is 1. The first-order valence-corrected chi connectivity index (χ1v) is 7.47. The second kappa shape index (κ2) is 7.84. The first-order chi connectivity index (χ1) is 11.6. The minimum absolute atomic E-state index is 0.00511. The summed E-state index contributed by atoms with van der Waals surface area (Å²) in [6, 6.07) is 14.0. The summed E-state index contributed by atoms with van der Waals surface area (Å²) in [4.78, 5) is 12.4. The number of ether oxygens (including phenoxy) is 1. The van der Waals surface area contributed by atoms with Crippen molar-refractivity contribution in [1.29, 1.82) is 5.26 Å². The summed E-state index contributed by atoms with van der Waals surface area (Å²) in [6.45, 7) is 1.99. The lowest BCUT2D eigenvalue weighted by molar-refractivity contribution is -0.112. The Morgan fingerprint density at radius 1 is 1.33 bits per heavy atom. The van der Waals surface area contributed by atoms with Crippen molar-refractivity contribution in [2.75, 3.05) is 12.4 Å². The van der Waals surface area contributed by atoms with Gasteiger partial charge < -0.3 is 15.2 Å². The number of rotatable bonds is 5. The van der Waals surface area contributed by atoms with Gasteiger partial charge in [0.2, 0.25) is 0 Å². The van der Waals surface area contributed by atoms with E-state index in [0.717, 1.165) is 12.0 Å². The predicted octanol–water partition coefficient (Wildman–Crippen LogP) is 3.51. The molecule has 0 fully saturated rings. The summed E-state index contributed by atoms with van der Waals surface area (Å²) in [5, 5.41) is 21.6. The van der Waals surface area contributed by atoms with Crippen LogP contribution in [0.25, 0.3) is 6.08 Å². The molecule has 5 heteroatoms. The average molecular weight is 322 g/mol. The van der Waals surface area contributed by atoms with E-state index in [-0.39, 0.29) is 17.1 Å². The van der Waals surface area contributed by atoms with Crippen LogP contribution in [0, 0.1) is 11.3 Å². The van der Waals surface area contributed by atoms with Crippen LogP contribution in [0.5, 0.6) is 11.5 Å². The van der Waals surface area contributed by atoms with Crippen molar-refractivity contribution in [2.24, 2.45) is 0 Å². The summed E-state index contributed by atoms with van der Waals surface area (Å²) in [5.74, 6) is -0.210. The first kappa shape index (κ1) is 17.1. The summed E-state index contributed by atoms with van der Waals surface area (Å²) in [5.41, 5.74) is 2.23. The number of methoxy groups -OCH3 is 1. The van der Waals surface area contributed by atoms with Crippen molar-refractivity contribution in [1.82, 2.24) is 0 Å². The number of benzene rings is 2. The molecule has 0 aliphatic rings. The molecule has 0 aliphatic heterocycles. The summed E-state index contributed by atoms with van der Waals surface area (Å²) < 4.78 is 5.02. The van der Waals surface area contributed by atoms with Gasteiger partial charge in [0.25, 0.3) is 5.91 Å². The van der Waals surface area contributed by atoms with E-state index in [1.54, 1.807) is 18.2 Å². The monoisotopic (exact) mass is 322 g/mol. The van der Waals surface area contributed by atoms with E-state index in [4.69, 9.17) is 4.74 Å². The molecule has 0 heterocycles. The zero-order valence-corrected chi connectivity index (χ0v) is 13.5. The highest BCUT2D eigenvalue weighted by atomic mass is 16.5. The molecule has 122 valence electrons. The number of para-hydroxylation sites is 1. The fraction of sp³-hybridized carbons (Fsp3) is 0.158. The smallest absolute Gasteiger partial charge is 0.266 e. The second-order valence-electron chi connectivity index (χ2n) is 5.07. The number of hydrogen-bond donors (Lipinski definition) is 2. The molecular formula is C19H18N2O3. The first-order valence-electron chi connectivity index (χ1n) is 7.47. The van der Waals surface area contributed by atoms with E-state index in [0.29, 0.717) is 11.3 Å². The van der Waals surface area contributed by atoms with Crippen molar-refractivity contribution in [3.05, 3.63) is 59.2 Å².